The average Bonchev–Trinajstić information content (AvgIpc) is 1.87. The van der Waals surface area contributed by atoms with Crippen LogP contribution in [0.2, 0.25) is 0 Å². The molecule has 0 radical (unpaired) electrons. The fourth-order valence-electron chi connectivity index (χ4n) is 0.747. The predicted octanol–water partition coefficient (Wildman–Crippen LogP) is 2.63. The number of alkyl halides is 2. The lowest BCUT2D eigenvalue weighted by Gasteiger charge is -2.31. The van der Waals surface area contributed by atoms with Gasteiger partial charge in [0.15, 0.2) is 0 Å². The van der Waals surface area contributed by atoms with Crippen LogP contribution in [0.15, 0.2) is 0 Å². The van der Waals surface area contributed by atoms with Crippen LogP contribution in [0, 0.1) is 0 Å². The van der Waals surface area contributed by atoms with Gasteiger partial charge < -0.3 is 4.48 Å². The molecule has 0 unspecified atom stereocenters. The monoisotopic (exact) mass is 286 g/mol. The Labute approximate surface area is 87.0 Å². The number of hydrogen-bond donors (Lipinski definition) is 0. The minimum absolute atomic E-state index is 0.548. The predicted molar refractivity (Wildman–Crippen MR) is 58.6 cm³/mol. The van der Waals surface area contributed by atoms with E-state index in [9.17, 15) is 0 Å². The number of nitrogens with zero attached hydrogens (tertiary/aromatic N) is 1. The molecule has 0 heterocycles. The van der Waals surface area contributed by atoms with Gasteiger partial charge in [-0.05, 0) is 6.92 Å². The Morgan fingerprint density at radius 1 is 1.27 bits per heavy atom. The van der Waals surface area contributed by atoms with E-state index in [1.54, 1.807) is 0 Å². The van der Waals surface area contributed by atoms with Gasteiger partial charge in [-0.3, -0.25) is 0 Å². The Bertz CT molecular complexity index is 113. The molecule has 11 heavy (non-hydrogen) atoms. The first-order chi connectivity index (χ1) is 4.89. The molecule has 2 atom stereocenters. The van der Waals surface area contributed by atoms with Gasteiger partial charge in [0, 0.05) is 4.83 Å². The molecule has 0 spiro atoms. The van der Waals surface area contributed by atoms with Crippen LogP contribution in [0.1, 0.15) is 13.8 Å². The standard InChI is InChI=1S/C8H18Br2N/c1-5-11(3,4)6-8(10)7(2)9/h7-8H,5-6H2,1-4H3/q+1/t7-,8+/m0/s1. The van der Waals surface area contributed by atoms with Crippen LogP contribution in [0.4, 0.5) is 0 Å². The van der Waals surface area contributed by atoms with Crippen molar-refractivity contribution in [1.29, 1.82) is 0 Å². The molecule has 0 aromatic rings. The van der Waals surface area contributed by atoms with Crippen molar-refractivity contribution in [2.24, 2.45) is 0 Å². The third kappa shape index (κ3) is 5.21. The number of quaternary nitrogens is 1. The molecule has 0 saturated carbocycles. The molecule has 0 fully saturated rings. The molecule has 0 rings (SSSR count). The second kappa shape index (κ2) is 4.83. The maximum absolute atomic E-state index is 3.66. The molecule has 0 amide bonds. The first-order valence-electron chi connectivity index (χ1n) is 3.99. The highest BCUT2D eigenvalue weighted by molar-refractivity contribution is 9.12. The van der Waals surface area contributed by atoms with Crippen LogP contribution in [-0.2, 0) is 0 Å². The fourth-order valence-corrected chi connectivity index (χ4v) is 1.70. The fraction of sp³-hybridized carbons (Fsp3) is 1.00. The minimum Gasteiger partial charge on any atom is -0.328 e. The number of rotatable bonds is 4. The molecule has 3 heteroatoms. The molecular weight excluding hydrogens is 270 g/mol. The van der Waals surface area contributed by atoms with Crippen LogP contribution >= 0.6 is 31.9 Å². The quantitative estimate of drug-likeness (QED) is 0.551. The van der Waals surface area contributed by atoms with E-state index in [2.05, 4.69) is 59.8 Å². The molecular formula is C8H18Br2N+. The molecule has 0 saturated heterocycles. The second-order valence-corrected chi connectivity index (χ2v) is 6.25. The summed E-state index contributed by atoms with van der Waals surface area (Å²) in [5.41, 5.74) is 0. The highest BCUT2D eigenvalue weighted by atomic mass is 79.9. The van der Waals surface area contributed by atoms with E-state index < -0.39 is 0 Å². The zero-order valence-electron chi connectivity index (χ0n) is 7.77. The van der Waals surface area contributed by atoms with Crippen LogP contribution < -0.4 is 0 Å². The lowest BCUT2D eigenvalue weighted by Crippen LogP contribution is -2.45. The smallest absolute Gasteiger partial charge is 0.0920 e. The van der Waals surface area contributed by atoms with E-state index in [0.29, 0.717) is 9.65 Å². The third-order valence-electron chi connectivity index (χ3n) is 2.02. The van der Waals surface area contributed by atoms with Crippen molar-refractivity contribution in [1.82, 2.24) is 0 Å². The maximum Gasteiger partial charge on any atom is 0.0920 e. The first-order valence-corrected chi connectivity index (χ1v) is 5.82. The van der Waals surface area contributed by atoms with Crippen molar-refractivity contribution < 1.29 is 4.48 Å². The van der Waals surface area contributed by atoms with Crippen molar-refractivity contribution in [3.8, 4) is 0 Å². The molecule has 1 nitrogen and oxygen atoms in total. The van der Waals surface area contributed by atoms with E-state index in [-0.39, 0.29) is 0 Å². The molecule has 68 valence electrons. The normalized spacial score (nSPS) is 18.0. The van der Waals surface area contributed by atoms with Gasteiger partial charge in [-0.25, -0.2) is 0 Å². The van der Waals surface area contributed by atoms with Crippen LogP contribution in [0.25, 0.3) is 0 Å². The van der Waals surface area contributed by atoms with Gasteiger partial charge in [0.2, 0.25) is 0 Å². The summed E-state index contributed by atoms with van der Waals surface area (Å²) in [5, 5.41) is 0. The van der Waals surface area contributed by atoms with Crippen molar-refractivity contribution in [2.75, 3.05) is 27.2 Å². The van der Waals surface area contributed by atoms with Gasteiger partial charge in [0.25, 0.3) is 0 Å². The Balaban J connectivity index is 3.83. The summed E-state index contributed by atoms with van der Waals surface area (Å²) in [6, 6.07) is 0. The molecule has 0 aliphatic heterocycles. The van der Waals surface area contributed by atoms with Gasteiger partial charge >= 0.3 is 0 Å². The summed E-state index contributed by atoms with van der Waals surface area (Å²) < 4.78 is 1.08. The van der Waals surface area contributed by atoms with Gasteiger partial charge in [-0.1, -0.05) is 38.8 Å². The summed E-state index contributed by atoms with van der Waals surface area (Å²) in [6.07, 6.45) is 0. The van der Waals surface area contributed by atoms with E-state index >= 15 is 0 Å². The number of halogens is 2. The Morgan fingerprint density at radius 3 is 2.00 bits per heavy atom. The van der Waals surface area contributed by atoms with Crippen LogP contribution in [0.5, 0.6) is 0 Å². The summed E-state index contributed by atoms with van der Waals surface area (Å²) in [5.74, 6) is 0. The molecule has 0 aromatic carbocycles. The van der Waals surface area contributed by atoms with E-state index in [1.807, 2.05) is 0 Å². The first kappa shape index (κ1) is 11.9. The average molecular weight is 288 g/mol. The number of hydrogen-bond acceptors (Lipinski definition) is 0. The Morgan fingerprint density at radius 2 is 1.73 bits per heavy atom. The molecule has 0 aromatic heterocycles. The molecule has 0 aliphatic carbocycles. The topological polar surface area (TPSA) is 0 Å². The van der Waals surface area contributed by atoms with Crippen LogP contribution in [-0.4, -0.2) is 41.3 Å². The summed E-state index contributed by atoms with van der Waals surface area (Å²) in [7, 11) is 4.51. The van der Waals surface area contributed by atoms with Gasteiger partial charge in [-0.2, -0.15) is 0 Å². The lowest BCUT2D eigenvalue weighted by molar-refractivity contribution is -0.887. The van der Waals surface area contributed by atoms with Crippen molar-refractivity contribution in [3.63, 3.8) is 0 Å². The Kier molecular flexibility index (Phi) is 5.23. The van der Waals surface area contributed by atoms with Gasteiger partial charge in [0.1, 0.15) is 0 Å². The third-order valence-corrected chi connectivity index (χ3v) is 4.45. The van der Waals surface area contributed by atoms with Crippen molar-refractivity contribution in [3.05, 3.63) is 0 Å². The van der Waals surface area contributed by atoms with E-state index in [0.717, 1.165) is 4.48 Å². The van der Waals surface area contributed by atoms with Crippen LogP contribution in [0.3, 0.4) is 0 Å². The summed E-state index contributed by atoms with van der Waals surface area (Å²) in [6.45, 7) is 6.75. The zero-order chi connectivity index (χ0) is 9.07. The van der Waals surface area contributed by atoms with E-state index in [1.165, 1.54) is 13.1 Å². The SMILES string of the molecule is CC[N+](C)(C)C[C@@H](Br)[C@H](C)Br. The van der Waals surface area contributed by atoms with E-state index in [4.69, 9.17) is 0 Å². The molecule has 0 aliphatic rings. The van der Waals surface area contributed by atoms with Crippen molar-refractivity contribution in [2.45, 2.75) is 23.5 Å². The van der Waals surface area contributed by atoms with Gasteiger partial charge in [-0.15, -0.1) is 0 Å². The zero-order valence-corrected chi connectivity index (χ0v) is 10.9. The largest absolute Gasteiger partial charge is 0.328 e. The maximum atomic E-state index is 3.66. The molecule has 0 N–H and O–H groups in total. The highest BCUT2D eigenvalue weighted by Gasteiger charge is 2.21. The van der Waals surface area contributed by atoms with Crippen molar-refractivity contribution >= 4 is 31.9 Å². The van der Waals surface area contributed by atoms with Gasteiger partial charge in [0.05, 0.1) is 32.0 Å². The Hall–Kier alpha value is 0.920. The second-order valence-electron chi connectivity index (χ2n) is 3.63. The lowest BCUT2D eigenvalue weighted by atomic mass is 10.3. The minimum atomic E-state index is 0.548. The summed E-state index contributed by atoms with van der Waals surface area (Å²) in [4.78, 5) is 1.11. The molecule has 0 bridgehead atoms. The summed E-state index contributed by atoms with van der Waals surface area (Å²) >= 11 is 7.22. The highest BCUT2D eigenvalue weighted by Crippen LogP contribution is 2.16.